The summed E-state index contributed by atoms with van der Waals surface area (Å²) in [6, 6.07) is 4.49. The highest BCUT2D eigenvalue weighted by atomic mass is 35.5. The van der Waals surface area contributed by atoms with Crippen molar-refractivity contribution in [3.8, 4) is 0 Å². The van der Waals surface area contributed by atoms with Gasteiger partial charge in [-0.2, -0.15) is 13.2 Å². The van der Waals surface area contributed by atoms with Crippen LogP contribution in [0.5, 0.6) is 0 Å². The molecule has 0 aromatic carbocycles. The van der Waals surface area contributed by atoms with E-state index in [0.717, 1.165) is 15.3 Å². The molecule has 1 N–H and O–H groups in total. The monoisotopic (exact) mass is 386 g/mol. The Labute approximate surface area is 148 Å². The SMILES string of the molecule is O=C(C=Cc1cccs1)NCc1nnc2c(C(F)(F)F)cc(Cl)cn12. The lowest BCUT2D eigenvalue weighted by Gasteiger charge is -2.09. The molecule has 0 radical (unpaired) electrons. The van der Waals surface area contributed by atoms with Crippen LogP contribution < -0.4 is 5.32 Å². The molecule has 3 aromatic rings. The standard InChI is InChI=1S/C15H10ClF3N4OS/c16-9-6-11(15(17,18)19)14-22-21-12(23(14)8-9)7-20-13(24)4-3-10-2-1-5-25-10/h1-6,8H,7H2,(H,20,24). The number of hydrogen-bond acceptors (Lipinski definition) is 4. The molecule has 10 heteroatoms. The van der Waals surface area contributed by atoms with Crippen molar-refractivity contribution in [2.75, 3.05) is 0 Å². The Hall–Kier alpha value is -2.39. The fourth-order valence-corrected chi connectivity index (χ4v) is 2.93. The van der Waals surface area contributed by atoms with Crippen molar-refractivity contribution in [1.29, 1.82) is 0 Å². The molecule has 0 aliphatic heterocycles. The largest absolute Gasteiger partial charge is 0.420 e. The minimum atomic E-state index is -4.61. The van der Waals surface area contributed by atoms with Crippen LogP contribution in [0.1, 0.15) is 16.3 Å². The van der Waals surface area contributed by atoms with E-state index in [2.05, 4.69) is 15.5 Å². The van der Waals surface area contributed by atoms with Gasteiger partial charge in [0.25, 0.3) is 0 Å². The summed E-state index contributed by atoms with van der Waals surface area (Å²) < 4.78 is 40.2. The van der Waals surface area contributed by atoms with E-state index in [1.807, 2.05) is 17.5 Å². The second-order valence-electron chi connectivity index (χ2n) is 4.95. The minimum Gasteiger partial charge on any atom is -0.345 e. The molecule has 0 saturated carbocycles. The first-order valence-electron chi connectivity index (χ1n) is 6.94. The molecular formula is C15H10ClF3N4OS. The zero-order valence-electron chi connectivity index (χ0n) is 12.4. The second-order valence-corrected chi connectivity index (χ2v) is 6.36. The summed E-state index contributed by atoms with van der Waals surface area (Å²) in [4.78, 5) is 12.7. The third-order valence-electron chi connectivity index (χ3n) is 3.21. The summed E-state index contributed by atoms with van der Waals surface area (Å²) in [5.74, 6) is -0.260. The van der Waals surface area contributed by atoms with Crippen LogP contribution >= 0.6 is 22.9 Å². The molecule has 0 aliphatic rings. The highest BCUT2D eigenvalue weighted by Gasteiger charge is 2.35. The number of thiophene rings is 1. The van der Waals surface area contributed by atoms with Crippen molar-refractivity contribution in [3.63, 3.8) is 0 Å². The van der Waals surface area contributed by atoms with Gasteiger partial charge < -0.3 is 5.32 Å². The number of carbonyl (C=O) groups is 1. The Kier molecular flexibility index (Phi) is 4.78. The van der Waals surface area contributed by atoms with Gasteiger partial charge in [-0.25, -0.2) is 0 Å². The van der Waals surface area contributed by atoms with E-state index < -0.39 is 17.6 Å². The number of nitrogens with one attached hydrogen (secondary N) is 1. The molecule has 3 rings (SSSR count). The quantitative estimate of drug-likeness (QED) is 0.694. The topological polar surface area (TPSA) is 59.3 Å². The van der Waals surface area contributed by atoms with Gasteiger partial charge in [-0.15, -0.1) is 21.5 Å². The summed E-state index contributed by atoms with van der Waals surface area (Å²) in [5, 5.41) is 11.6. The maximum Gasteiger partial charge on any atom is 0.420 e. The molecule has 0 bridgehead atoms. The third-order valence-corrected chi connectivity index (χ3v) is 4.25. The molecule has 0 saturated heterocycles. The first-order valence-corrected chi connectivity index (χ1v) is 8.20. The fraction of sp³-hybridized carbons (Fsp3) is 0.133. The first-order chi connectivity index (χ1) is 11.8. The van der Waals surface area contributed by atoms with E-state index in [9.17, 15) is 18.0 Å². The zero-order chi connectivity index (χ0) is 18.0. The van der Waals surface area contributed by atoms with Gasteiger partial charge in [0.1, 0.15) is 5.56 Å². The Morgan fingerprint density at radius 3 is 2.88 bits per heavy atom. The first kappa shape index (κ1) is 17.4. The van der Waals surface area contributed by atoms with E-state index in [4.69, 9.17) is 11.6 Å². The van der Waals surface area contributed by atoms with Gasteiger partial charge in [-0.1, -0.05) is 17.7 Å². The Balaban J connectivity index is 1.78. The van der Waals surface area contributed by atoms with Gasteiger partial charge in [-0.3, -0.25) is 9.20 Å². The van der Waals surface area contributed by atoms with Gasteiger partial charge in [0.15, 0.2) is 11.5 Å². The molecule has 130 valence electrons. The summed E-state index contributed by atoms with van der Waals surface area (Å²) in [7, 11) is 0. The molecule has 0 fully saturated rings. The van der Waals surface area contributed by atoms with Crippen LogP contribution in [0.3, 0.4) is 0 Å². The summed E-state index contributed by atoms with van der Waals surface area (Å²) in [6.45, 7) is -0.0909. The van der Waals surface area contributed by atoms with Crippen LogP contribution in [0.4, 0.5) is 13.2 Å². The number of amides is 1. The second kappa shape index (κ2) is 6.85. The molecule has 0 unspecified atom stereocenters. The number of halogens is 4. The maximum atomic E-state index is 13.0. The Bertz CT molecular complexity index is 934. The molecule has 0 aliphatic carbocycles. The van der Waals surface area contributed by atoms with Gasteiger partial charge >= 0.3 is 6.18 Å². The average Bonchev–Trinajstić information content (AvgIpc) is 3.19. The summed E-state index contributed by atoms with van der Waals surface area (Å²) in [6.07, 6.45) is -0.359. The molecule has 3 aromatic heterocycles. The Morgan fingerprint density at radius 1 is 1.40 bits per heavy atom. The van der Waals surface area contributed by atoms with E-state index in [1.165, 1.54) is 23.6 Å². The third kappa shape index (κ3) is 3.99. The van der Waals surface area contributed by atoms with E-state index in [-0.39, 0.29) is 23.0 Å². The van der Waals surface area contributed by atoms with Gasteiger partial charge in [0, 0.05) is 17.2 Å². The van der Waals surface area contributed by atoms with Gasteiger partial charge in [0.2, 0.25) is 5.91 Å². The van der Waals surface area contributed by atoms with Crippen molar-refractivity contribution in [3.05, 3.63) is 57.1 Å². The summed E-state index contributed by atoms with van der Waals surface area (Å²) in [5.41, 5.74) is -1.35. The number of pyridine rings is 1. The average molecular weight is 387 g/mol. The van der Waals surface area contributed by atoms with Crippen molar-refractivity contribution >= 4 is 40.6 Å². The van der Waals surface area contributed by atoms with Crippen molar-refractivity contribution in [2.24, 2.45) is 0 Å². The fourth-order valence-electron chi connectivity index (χ4n) is 2.10. The predicted octanol–water partition coefficient (Wildman–Crippen LogP) is 3.79. The maximum absolute atomic E-state index is 13.0. The Morgan fingerprint density at radius 2 is 2.20 bits per heavy atom. The highest BCUT2D eigenvalue weighted by Crippen LogP contribution is 2.33. The van der Waals surface area contributed by atoms with Crippen LogP contribution in [-0.4, -0.2) is 20.5 Å². The molecular weight excluding hydrogens is 377 g/mol. The smallest absolute Gasteiger partial charge is 0.345 e. The number of alkyl halides is 3. The molecule has 3 heterocycles. The lowest BCUT2D eigenvalue weighted by molar-refractivity contribution is -0.136. The van der Waals surface area contributed by atoms with Crippen molar-refractivity contribution < 1.29 is 18.0 Å². The lowest BCUT2D eigenvalue weighted by atomic mass is 10.2. The van der Waals surface area contributed by atoms with Gasteiger partial charge in [-0.05, 0) is 23.6 Å². The number of hydrogen-bond donors (Lipinski definition) is 1. The van der Waals surface area contributed by atoms with E-state index in [1.54, 1.807) is 6.08 Å². The minimum absolute atomic E-state index is 0.0909. The van der Waals surface area contributed by atoms with E-state index >= 15 is 0 Å². The van der Waals surface area contributed by atoms with Crippen LogP contribution in [0.2, 0.25) is 5.02 Å². The molecule has 0 spiro atoms. The number of carbonyl (C=O) groups excluding carboxylic acids is 1. The van der Waals surface area contributed by atoms with Gasteiger partial charge in [0.05, 0.1) is 11.6 Å². The van der Waals surface area contributed by atoms with Crippen LogP contribution in [-0.2, 0) is 17.5 Å². The highest BCUT2D eigenvalue weighted by molar-refractivity contribution is 7.10. The number of fused-ring (bicyclic) bond motifs is 1. The zero-order valence-corrected chi connectivity index (χ0v) is 14.0. The van der Waals surface area contributed by atoms with Crippen LogP contribution in [0.15, 0.2) is 35.9 Å². The number of nitrogens with zero attached hydrogens (tertiary/aromatic N) is 3. The molecule has 1 amide bonds. The molecule has 25 heavy (non-hydrogen) atoms. The van der Waals surface area contributed by atoms with E-state index in [0.29, 0.717) is 0 Å². The van der Waals surface area contributed by atoms with Crippen LogP contribution in [0.25, 0.3) is 11.7 Å². The molecule has 5 nitrogen and oxygen atoms in total. The van der Waals surface area contributed by atoms with Crippen LogP contribution in [0, 0.1) is 0 Å². The normalized spacial score (nSPS) is 12.2. The number of rotatable bonds is 4. The molecule has 0 atom stereocenters. The van der Waals surface area contributed by atoms with Crippen molar-refractivity contribution in [1.82, 2.24) is 19.9 Å². The number of aromatic nitrogens is 3. The predicted molar refractivity (Wildman–Crippen MR) is 88.2 cm³/mol. The summed E-state index contributed by atoms with van der Waals surface area (Å²) >= 11 is 7.23. The lowest BCUT2D eigenvalue weighted by Crippen LogP contribution is -2.21. The van der Waals surface area contributed by atoms with Crippen molar-refractivity contribution in [2.45, 2.75) is 12.7 Å².